The lowest BCUT2D eigenvalue weighted by Gasteiger charge is -2.38. The highest BCUT2D eigenvalue weighted by atomic mass is 16.7. The molecule has 1 aliphatic heterocycles. The molecule has 1 aromatic rings. The van der Waals surface area contributed by atoms with Crippen molar-refractivity contribution in [2.75, 3.05) is 33.0 Å². The van der Waals surface area contributed by atoms with Crippen LogP contribution in [-0.2, 0) is 32.1 Å². The third-order valence-electron chi connectivity index (χ3n) is 3.90. The number of aliphatic hydroxyl groups excluding tert-OH is 4. The molecule has 4 N–H and O–H groups in total. The molecule has 0 bridgehead atoms. The second-order valence-electron chi connectivity index (χ2n) is 5.91. The molecule has 0 spiro atoms. The van der Waals surface area contributed by atoms with Gasteiger partial charge in [-0.1, -0.05) is 5.21 Å². The Bertz CT molecular complexity index is 517. The maximum atomic E-state index is 9.79. The van der Waals surface area contributed by atoms with Gasteiger partial charge in [0.2, 0.25) is 0 Å². The van der Waals surface area contributed by atoms with E-state index in [-0.39, 0.29) is 19.8 Å². The van der Waals surface area contributed by atoms with E-state index < -0.39 is 30.7 Å². The smallest absolute Gasteiger partial charge is 0.186 e. The molecule has 26 heavy (non-hydrogen) atoms. The molecule has 1 aromatic heterocycles. The van der Waals surface area contributed by atoms with Crippen molar-refractivity contribution in [1.29, 1.82) is 0 Å². The summed E-state index contributed by atoms with van der Waals surface area (Å²) in [7, 11) is 0. The maximum Gasteiger partial charge on any atom is 0.186 e. The van der Waals surface area contributed by atoms with Crippen LogP contribution in [-0.4, -0.2) is 99.2 Å². The van der Waals surface area contributed by atoms with Gasteiger partial charge in [0.05, 0.1) is 58.5 Å². The van der Waals surface area contributed by atoms with Gasteiger partial charge in [-0.3, -0.25) is 0 Å². The Hall–Kier alpha value is -1.18. The number of hydrogen-bond donors (Lipinski definition) is 4. The van der Waals surface area contributed by atoms with Crippen LogP contribution < -0.4 is 0 Å². The highest BCUT2D eigenvalue weighted by Gasteiger charge is 2.42. The maximum absolute atomic E-state index is 9.79. The van der Waals surface area contributed by atoms with Gasteiger partial charge in [-0.2, -0.15) is 0 Å². The number of ether oxygens (including phenoxy) is 4. The van der Waals surface area contributed by atoms with Crippen LogP contribution in [0, 0.1) is 0 Å². The Kier molecular flexibility index (Phi) is 8.81. The molecule has 1 aliphatic rings. The lowest BCUT2D eigenvalue weighted by molar-refractivity contribution is -0.294. The number of nitrogens with zero attached hydrogens (tertiary/aromatic N) is 3. The van der Waals surface area contributed by atoms with Gasteiger partial charge < -0.3 is 39.4 Å². The summed E-state index contributed by atoms with van der Waals surface area (Å²) in [5, 5.41) is 45.5. The molecular formula is C15H27N3O8. The summed E-state index contributed by atoms with van der Waals surface area (Å²) in [6.07, 6.45) is -3.76. The van der Waals surface area contributed by atoms with E-state index in [1.807, 2.05) is 0 Å². The molecule has 1 saturated heterocycles. The monoisotopic (exact) mass is 377 g/mol. The molecule has 11 heteroatoms. The van der Waals surface area contributed by atoms with E-state index in [1.54, 1.807) is 17.8 Å². The molecule has 11 nitrogen and oxygen atoms in total. The first-order valence-corrected chi connectivity index (χ1v) is 8.49. The summed E-state index contributed by atoms with van der Waals surface area (Å²) in [6, 6.07) is 0. The topological polar surface area (TPSA) is 149 Å². The molecule has 0 unspecified atom stereocenters. The van der Waals surface area contributed by atoms with Gasteiger partial charge in [-0.05, 0) is 6.92 Å². The zero-order valence-corrected chi connectivity index (χ0v) is 14.7. The predicted octanol–water partition coefficient (Wildman–Crippen LogP) is -2.35. The van der Waals surface area contributed by atoms with Crippen LogP contribution in [0.2, 0.25) is 0 Å². The number of rotatable bonds is 11. The summed E-state index contributed by atoms with van der Waals surface area (Å²) in [6.45, 7) is 3.62. The van der Waals surface area contributed by atoms with Crippen molar-refractivity contribution in [2.45, 2.75) is 50.8 Å². The summed E-state index contributed by atoms with van der Waals surface area (Å²) >= 11 is 0. The van der Waals surface area contributed by atoms with E-state index in [9.17, 15) is 15.3 Å². The van der Waals surface area contributed by atoms with Crippen LogP contribution in [0.3, 0.4) is 0 Å². The second-order valence-corrected chi connectivity index (χ2v) is 5.91. The molecule has 0 radical (unpaired) electrons. The Morgan fingerprint density at radius 3 is 2.42 bits per heavy atom. The van der Waals surface area contributed by atoms with Crippen LogP contribution in [0.25, 0.3) is 0 Å². The minimum Gasteiger partial charge on any atom is -0.390 e. The van der Waals surface area contributed by atoms with Crippen molar-refractivity contribution in [1.82, 2.24) is 15.0 Å². The average Bonchev–Trinajstić information content (AvgIpc) is 3.10. The zero-order valence-electron chi connectivity index (χ0n) is 14.7. The number of aromatic nitrogens is 3. The van der Waals surface area contributed by atoms with Gasteiger partial charge in [0.15, 0.2) is 6.29 Å². The van der Waals surface area contributed by atoms with E-state index >= 15 is 0 Å². The molecular weight excluding hydrogens is 350 g/mol. The van der Waals surface area contributed by atoms with Crippen molar-refractivity contribution >= 4 is 0 Å². The van der Waals surface area contributed by atoms with Crippen LogP contribution in [0.5, 0.6) is 0 Å². The van der Waals surface area contributed by atoms with Crippen molar-refractivity contribution in [3.05, 3.63) is 11.9 Å². The van der Waals surface area contributed by atoms with Crippen LogP contribution in [0.1, 0.15) is 12.6 Å². The third kappa shape index (κ3) is 6.21. The standard InChI is InChI=1S/C15H27N3O8/c1-10-12(20)13(21)14(22)15(26-10)25-7-6-24-5-4-23-3-2-18-8-11(9-19)16-17-18/h8,10,12-15,19-22H,2-7,9H2,1H3/t10-,12+,13+,14-,15+/m0/s1. The van der Waals surface area contributed by atoms with E-state index in [0.29, 0.717) is 32.1 Å². The minimum absolute atomic E-state index is 0.141. The van der Waals surface area contributed by atoms with Crippen LogP contribution >= 0.6 is 0 Å². The lowest BCUT2D eigenvalue weighted by atomic mass is 10.0. The van der Waals surface area contributed by atoms with Crippen molar-refractivity contribution < 1.29 is 39.4 Å². The fourth-order valence-corrected chi connectivity index (χ4v) is 2.37. The molecule has 1 fully saturated rings. The average molecular weight is 377 g/mol. The molecule has 5 atom stereocenters. The summed E-state index contributed by atoms with van der Waals surface area (Å²) in [5.74, 6) is 0. The highest BCUT2D eigenvalue weighted by molar-refractivity contribution is 4.88. The summed E-state index contributed by atoms with van der Waals surface area (Å²) < 4.78 is 23.0. The fourth-order valence-electron chi connectivity index (χ4n) is 2.37. The summed E-state index contributed by atoms with van der Waals surface area (Å²) in [4.78, 5) is 0. The Labute approximate surface area is 151 Å². The molecule has 0 amide bonds. The molecule has 150 valence electrons. The van der Waals surface area contributed by atoms with Gasteiger partial charge in [0.25, 0.3) is 0 Å². The molecule has 0 aliphatic carbocycles. The Balaban J connectivity index is 1.47. The van der Waals surface area contributed by atoms with Gasteiger partial charge in [-0.25, -0.2) is 4.68 Å². The van der Waals surface area contributed by atoms with Crippen LogP contribution in [0.15, 0.2) is 6.20 Å². The van der Waals surface area contributed by atoms with Crippen molar-refractivity contribution in [3.8, 4) is 0 Å². The minimum atomic E-state index is -1.31. The fraction of sp³-hybridized carbons (Fsp3) is 0.867. The number of hydrogen-bond acceptors (Lipinski definition) is 10. The highest BCUT2D eigenvalue weighted by Crippen LogP contribution is 2.21. The Morgan fingerprint density at radius 2 is 1.73 bits per heavy atom. The largest absolute Gasteiger partial charge is 0.390 e. The molecule has 0 aromatic carbocycles. The number of aliphatic hydroxyl groups is 4. The molecule has 2 heterocycles. The van der Waals surface area contributed by atoms with Gasteiger partial charge in [0, 0.05) is 0 Å². The van der Waals surface area contributed by atoms with Gasteiger partial charge in [0.1, 0.15) is 24.0 Å². The Morgan fingerprint density at radius 1 is 1.04 bits per heavy atom. The van der Waals surface area contributed by atoms with Gasteiger partial charge >= 0.3 is 0 Å². The predicted molar refractivity (Wildman–Crippen MR) is 85.9 cm³/mol. The lowest BCUT2D eigenvalue weighted by Crippen LogP contribution is -2.57. The van der Waals surface area contributed by atoms with E-state index in [1.165, 1.54) is 0 Å². The van der Waals surface area contributed by atoms with E-state index in [0.717, 1.165) is 0 Å². The second kappa shape index (κ2) is 10.8. The van der Waals surface area contributed by atoms with Gasteiger partial charge in [-0.15, -0.1) is 5.10 Å². The van der Waals surface area contributed by atoms with Crippen molar-refractivity contribution in [2.24, 2.45) is 0 Å². The zero-order chi connectivity index (χ0) is 18.9. The molecule has 0 saturated carbocycles. The first-order valence-electron chi connectivity index (χ1n) is 8.49. The normalized spacial score (nSPS) is 29.2. The third-order valence-corrected chi connectivity index (χ3v) is 3.90. The van der Waals surface area contributed by atoms with Crippen LogP contribution in [0.4, 0.5) is 0 Å². The SMILES string of the molecule is C[C@@H]1O[C@@H](OCCOCCOCCn2cc(CO)nn2)[C@@H](O)[C@H](O)[C@@H]1O. The van der Waals surface area contributed by atoms with Crippen molar-refractivity contribution in [3.63, 3.8) is 0 Å². The molecule has 2 rings (SSSR count). The van der Waals surface area contributed by atoms with E-state index in [4.69, 9.17) is 24.1 Å². The van der Waals surface area contributed by atoms with E-state index in [2.05, 4.69) is 10.3 Å². The first-order chi connectivity index (χ1) is 12.5. The quantitative estimate of drug-likeness (QED) is 0.309. The summed E-state index contributed by atoms with van der Waals surface area (Å²) in [5.41, 5.74) is 0.511. The first kappa shape index (κ1) is 21.1.